The molecule has 1 atom stereocenters. The monoisotopic (exact) mass is 409 g/mol. The standard InChI is InChI=1S/C21H20FN5O3/c1-14(4-3-9-30-19-12-24-16(10-23)11-25-19)21(29)27-18(7-8-26-27)17-6-2-5-15(13-28)20(17)22/h2,5-6,8,11-12,18,28H,1,3-4,7,9,13H2. The van der Waals surface area contributed by atoms with Gasteiger partial charge in [0.05, 0.1) is 31.6 Å². The van der Waals surface area contributed by atoms with Crippen molar-refractivity contribution in [3.05, 3.63) is 65.4 Å². The van der Waals surface area contributed by atoms with Gasteiger partial charge in [0.25, 0.3) is 5.91 Å². The van der Waals surface area contributed by atoms with Crippen LogP contribution in [0.4, 0.5) is 4.39 Å². The first-order chi connectivity index (χ1) is 14.5. The molecule has 1 aromatic heterocycles. The molecule has 1 aromatic carbocycles. The highest BCUT2D eigenvalue weighted by Gasteiger charge is 2.31. The molecule has 1 N–H and O–H groups in total. The zero-order chi connectivity index (χ0) is 21.5. The first-order valence-electron chi connectivity index (χ1n) is 9.32. The second kappa shape index (κ2) is 9.71. The van der Waals surface area contributed by atoms with Crippen LogP contribution in [-0.2, 0) is 11.4 Å². The van der Waals surface area contributed by atoms with Crippen LogP contribution in [0.25, 0.3) is 0 Å². The Morgan fingerprint density at radius 3 is 2.93 bits per heavy atom. The van der Waals surface area contributed by atoms with Crippen molar-refractivity contribution in [2.45, 2.75) is 31.9 Å². The van der Waals surface area contributed by atoms with E-state index in [2.05, 4.69) is 21.6 Å². The Labute approximate surface area is 172 Å². The summed E-state index contributed by atoms with van der Waals surface area (Å²) in [4.78, 5) is 20.6. The molecular formula is C21H20FN5O3. The zero-order valence-corrected chi connectivity index (χ0v) is 16.2. The van der Waals surface area contributed by atoms with Gasteiger partial charge in [-0.3, -0.25) is 4.79 Å². The summed E-state index contributed by atoms with van der Waals surface area (Å²) in [5.41, 5.74) is 1.01. The Morgan fingerprint density at radius 1 is 1.40 bits per heavy atom. The van der Waals surface area contributed by atoms with Crippen molar-refractivity contribution in [1.82, 2.24) is 15.0 Å². The quantitative estimate of drug-likeness (QED) is 0.530. The lowest BCUT2D eigenvalue weighted by Gasteiger charge is -2.24. The van der Waals surface area contributed by atoms with Gasteiger partial charge in [0, 0.05) is 29.3 Å². The molecule has 0 fully saturated rings. The van der Waals surface area contributed by atoms with E-state index in [1.807, 2.05) is 6.07 Å². The van der Waals surface area contributed by atoms with Crippen LogP contribution < -0.4 is 4.74 Å². The van der Waals surface area contributed by atoms with Crippen molar-refractivity contribution in [3.63, 3.8) is 0 Å². The maximum Gasteiger partial charge on any atom is 0.269 e. The first-order valence-corrected chi connectivity index (χ1v) is 9.32. The number of carbonyl (C=O) groups is 1. The third-order valence-electron chi connectivity index (χ3n) is 4.59. The lowest BCUT2D eigenvalue weighted by molar-refractivity contribution is -0.129. The number of benzene rings is 1. The minimum Gasteiger partial charge on any atom is -0.477 e. The SMILES string of the molecule is C=C(CCCOc1cnc(C#N)cn1)C(=O)N1N=CCC1c1cccc(CO)c1F. The van der Waals surface area contributed by atoms with Crippen LogP contribution in [-0.4, -0.2) is 38.8 Å². The van der Waals surface area contributed by atoms with Crippen LogP contribution in [0.2, 0.25) is 0 Å². The molecule has 0 bridgehead atoms. The number of hydrogen-bond acceptors (Lipinski definition) is 7. The molecule has 1 aliphatic rings. The Bertz CT molecular complexity index is 1000. The Hall–Kier alpha value is -3.64. The lowest BCUT2D eigenvalue weighted by Crippen LogP contribution is -2.29. The summed E-state index contributed by atoms with van der Waals surface area (Å²) in [5.74, 6) is -0.633. The van der Waals surface area contributed by atoms with Crippen LogP contribution in [0.3, 0.4) is 0 Å². The van der Waals surface area contributed by atoms with E-state index in [-0.39, 0.29) is 29.7 Å². The highest BCUT2D eigenvalue weighted by molar-refractivity contribution is 5.94. The molecule has 3 rings (SSSR count). The number of nitriles is 1. The van der Waals surface area contributed by atoms with Crippen molar-refractivity contribution in [2.24, 2.45) is 5.10 Å². The fraction of sp³-hybridized carbons (Fsp3) is 0.286. The Morgan fingerprint density at radius 2 is 2.23 bits per heavy atom. The van der Waals surface area contributed by atoms with E-state index in [1.54, 1.807) is 18.3 Å². The highest BCUT2D eigenvalue weighted by Crippen LogP contribution is 2.32. The van der Waals surface area contributed by atoms with Crippen molar-refractivity contribution in [3.8, 4) is 11.9 Å². The van der Waals surface area contributed by atoms with E-state index < -0.39 is 18.5 Å². The van der Waals surface area contributed by atoms with Crippen molar-refractivity contribution in [1.29, 1.82) is 5.26 Å². The van der Waals surface area contributed by atoms with E-state index in [0.29, 0.717) is 30.4 Å². The summed E-state index contributed by atoms with van der Waals surface area (Å²) in [6, 6.07) is 6.02. The largest absolute Gasteiger partial charge is 0.477 e. The number of amides is 1. The smallest absolute Gasteiger partial charge is 0.269 e. The highest BCUT2D eigenvalue weighted by atomic mass is 19.1. The fourth-order valence-corrected chi connectivity index (χ4v) is 3.03. The fourth-order valence-electron chi connectivity index (χ4n) is 3.03. The van der Waals surface area contributed by atoms with Gasteiger partial charge in [-0.05, 0) is 12.8 Å². The minimum absolute atomic E-state index is 0.175. The van der Waals surface area contributed by atoms with Gasteiger partial charge in [-0.15, -0.1) is 0 Å². The summed E-state index contributed by atoms with van der Waals surface area (Å²) < 4.78 is 20.0. The van der Waals surface area contributed by atoms with E-state index in [1.165, 1.54) is 23.5 Å². The summed E-state index contributed by atoms with van der Waals surface area (Å²) in [7, 11) is 0. The minimum atomic E-state index is -0.578. The number of aromatic nitrogens is 2. The molecule has 0 saturated carbocycles. The summed E-state index contributed by atoms with van der Waals surface area (Å²) >= 11 is 0. The van der Waals surface area contributed by atoms with Gasteiger partial charge in [-0.1, -0.05) is 24.8 Å². The molecule has 0 aliphatic carbocycles. The number of carbonyl (C=O) groups excluding carboxylic acids is 1. The van der Waals surface area contributed by atoms with Crippen LogP contribution in [0, 0.1) is 17.1 Å². The van der Waals surface area contributed by atoms with Crippen molar-refractivity contribution < 1.29 is 19.0 Å². The molecule has 9 heteroatoms. The van der Waals surface area contributed by atoms with E-state index >= 15 is 0 Å². The van der Waals surface area contributed by atoms with E-state index in [9.17, 15) is 14.3 Å². The van der Waals surface area contributed by atoms with Crippen LogP contribution in [0.15, 0.2) is 47.8 Å². The maximum atomic E-state index is 14.6. The van der Waals surface area contributed by atoms with Gasteiger partial charge >= 0.3 is 0 Å². The third kappa shape index (κ3) is 4.67. The normalized spacial score (nSPS) is 15.1. The number of aliphatic hydroxyl groups excluding tert-OH is 1. The molecule has 8 nitrogen and oxygen atoms in total. The number of aliphatic hydroxyl groups is 1. The molecule has 2 aromatic rings. The molecule has 0 saturated heterocycles. The van der Waals surface area contributed by atoms with Gasteiger partial charge in [-0.2, -0.15) is 10.4 Å². The average molecular weight is 409 g/mol. The van der Waals surface area contributed by atoms with Crippen LogP contribution in [0.1, 0.15) is 42.1 Å². The lowest BCUT2D eigenvalue weighted by atomic mass is 10.00. The maximum absolute atomic E-state index is 14.6. The summed E-state index contributed by atoms with van der Waals surface area (Å²) in [6.45, 7) is 3.70. The van der Waals surface area contributed by atoms with Gasteiger partial charge < -0.3 is 9.84 Å². The van der Waals surface area contributed by atoms with Crippen molar-refractivity contribution in [2.75, 3.05) is 6.61 Å². The molecule has 154 valence electrons. The van der Waals surface area contributed by atoms with Gasteiger partial charge in [0.2, 0.25) is 5.88 Å². The molecule has 0 radical (unpaired) electrons. The molecule has 2 heterocycles. The van der Waals surface area contributed by atoms with E-state index in [0.717, 1.165) is 0 Å². The van der Waals surface area contributed by atoms with E-state index in [4.69, 9.17) is 10.00 Å². The van der Waals surface area contributed by atoms with Crippen LogP contribution >= 0.6 is 0 Å². The summed E-state index contributed by atoms with van der Waals surface area (Å²) in [5, 5.41) is 23.3. The number of rotatable bonds is 8. The second-order valence-corrected chi connectivity index (χ2v) is 6.58. The van der Waals surface area contributed by atoms with Gasteiger partial charge in [0.15, 0.2) is 5.69 Å². The third-order valence-corrected chi connectivity index (χ3v) is 4.59. The number of hydrazone groups is 1. The molecular weight excluding hydrogens is 389 g/mol. The van der Waals surface area contributed by atoms with Crippen molar-refractivity contribution >= 4 is 12.1 Å². The molecule has 0 spiro atoms. The Kier molecular flexibility index (Phi) is 6.83. The predicted octanol–water partition coefficient (Wildman–Crippen LogP) is 2.65. The second-order valence-electron chi connectivity index (χ2n) is 6.58. The first kappa shape index (κ1) is 21.1. The predicted molar refractivity (Wildman–Crippen MR) is 106 cm³/mol. The number of nitrogens with zero attached hydrogens (tertiary/aromatic N) is 5. The molecule has 1 aliphatic heterocycles. The topological polar surface area (TPSA) is 112 Å². The number of hydrogen-bond donors (Lipinski definition) is 1. The molecule has 1 unspecified atom stereocenters. The number of halogens is 1. The van der Waals surface area contributed by atoms with Crippen LogP contribution in [0.5, 0.6) is 5.88 Å². The average Bonchev–Trinajstić information content (AvgIpc) is 3.26. The zero-order valence-electron chi connectivity index (χ0n) is 16.2. The number of ether oxygens (including phenoxy) is 1. The molecule has 30 heavy (non-hydrogen) atoms. The van der Waals surface area contributed by atoms with Gasteiger partial charge in [0.1, 0.15) is 11.9 Å². The summed E-state index contributed by atoms with van der Waals surface area (Å²) in [6.07, 6.45) is 5.48. The Balaban J connectivity index is 1.55. The van der Waals surface area contributed by atoms with Gasteiger partial charge in [-0.25, -0.2) is 19.4 Å². The molecule has 1 amide bonds.